The lowest BCUT2D eigenvalue weighted by Gasteiger charge is -2.28. The Morgan fingerprint density at radius 1 is 1.50 bits per heavy atom. The van der Waals surface area contributed by atoms with Crippen LogP contribution >= 0.6 is 12.6 Å². The first-order valence-electron chi connectivity index (χ1n) is 6.35. The molecule has 2 nitrogen and oxygen atoms in total. The van der Waals surface area contributed by atoms with E-state index in [4.69, 9.17) is 0 Å². The maximum Gasteiger partial charge on any atom is 0.254 e. The van der Waals surface area contributed by atoms with Gasteiger partial charge in [-0.15, -0.1) is 12.6 Å². The summed E-state index contributed by atoms with van der Waals surface area (Å²) in [6.07, 6.45) is 3.06. The molecule has 2 atom stereocenters. The average molecular weight is 267 g/mol. The van der Waals surface area contributed by atoms with Crippen molar-refractivity contribution < 1.29 is 9.18 Å². The number of halogens is 1. The SMILES string of the molecule is CCC1CCC(C)N1C(=O)c1ccc(F)c(S)c1. The van der Waals surface area contributed by atoms with Gasteiger partial charge in [-0.3, -0.25) is 4.79 Å². The molecule has 1 aliphatic rings. The van der Waals surface area contributed by atoms with Crippen LogP contribution in [0, 0.1) is 5.82 Å². The molecule has 2 rings (SSSR count). The van der Waals surface area contributed by atoms with E-state index in [1.165, 1.54) is 18.2 Å². The molecule has 1 amide bonds. The predicted octanol–water partition coefficient (Wildman–Crippen LogP) is 3.52. The lowest BCUT2D eigenvalue weighted by Crippen LogP contribution is -2.39. The van der Waals surface area contributed by atoms with Gasteiger partial charge >= 0.3 is 0 Å². The summed E-state index contributed by atoms with van der Waals surface area (Å²) in [5.74, 6) is -0.404. The monoisotopic (exact) mass is 267 g/mol. The van der Waals surface area contributed by atoms with Crippen LogP contribution in [-0.4, -0.2) is 22.9 Å². The van der Waals surface area contributed by atoms with Gasteiger partial charge in [0.2, 0.25) is 0 Å². The molecule has 98 valence electrons. The highest BCUT2D eigenvalue weighted by Gasteiger charge is 2.33. The van der Waals surface area contributed by atoms with E-state index in [0.29, 0.717) is 11.6 Å². The quantitative estimate of drug-likeness (QED) is 0.813. The van der Waals surface area contributed by atoms with Gasteiger partial charge in [-0.25, -0.2) is 4.39 Å². The molecular weight excluding hydrogens is 249 g/mol. The predicted molar refractivity (Wildman–Crippen MR) is 72.6 cm³/mol. The third-order valence-electron chi connectivity index (χ3n) is 3.68. The standard InChI is InChI=1S/C14H18FNOS/c1-3-11-6-4-9(2)16(11)14(17)10-5-7-12(15)13(18)8-10/h5,7-9,11,18H,3-4,6H2,1-2H3. The Balaban J connectivity index is 2.27. The Morgan fingerprint density at radius 3 is 2.83 bits per heavy atom. The Kier molecular flexibility index (Phi) is 3.95. The van der Waals surface area contributed by atoms with Crippen LogP contribution in [0.1, 0.15) is 43.5 Å². The molecule has 0 saturated carbocycles. The van der Waals surface area contributed by atoms with E-state index < -0.39 is 5.82 Å². The zero-order chi connectivity index (χ0) is 13.3. The van der Waals surface area contributed by atoms with Crippen LogP contribution in [0.5, 0.6) is 0 Å². The highest BCUT2D eigenvalue weighted by Crippen LogP contribution is 2.28. The van der Waals surface area contributed by atoms with Crippen molar-refractivity contribution in [2.45, 2.75) is 50.1 Å². The first kappa shape index (κ1) is 13.4. The van der Waals surface area contributed by atoms with Gasteiger partial charge in [-0.1, -0.05) is 6.92 Å². The summed E-state index contributed by atoms with van der Waals surface area (Å²) in [7, 11) is 0. The van der Waals surface area contributed by atoms with E-state index >= 15 is 0 Å². The second kappa shape index (κ2) is 5.31. The number of nitrogens with zero attached hydrogens (tertiary/aromatic N) is 1. The number of rotatable bonds is 2. The number of thiol groups is 1. The fourth-order valence-corrected chi connectivity index (χ4v) is 2.85. The molecule has 0 spiro atoms. The Bertz CT molecular complexity index is 463. The van der Waals surface area contributed by atoms with Gasteiger partial charge in [0, 0.05) is 22.5 Å². The van der Waals surface area contributed by atoms with Gasteiger partial charge < -0.3 is 4.90 Å². The third-order valence-corrected chi connectivity index (χ3v) is 4.03. The van der Waals surface area contributed by atoms with Crippen molar-refractivity contribution in [3.05, 3.63) is 29.6 Å². The molecule has 1 aliphatic heterocycles. The Hall–Kier alpha value is -1.03. The van der Waals surface area contributed by atoms with Crippen molar-refractivity contribution in [2.24, 2.45) is 0 Å². The Labute approximate surface area is 113 Å². The van der Waals surface area contributed by atoms with E-state index in [1.807, 2.05) is 4.90 Å². The summed E-state index contributed by atoms with van der Waals surface area (Å²) < 4.78 is 13.2. The molecule has 1 fully saturated rings. The van der Waals surface area contributed by atoms with Crippen LogP contribution in [0.15, 0.2) is 23.1 Å². The van der Waals surface area contributed by atoms with E-state index in [-0.39, 0.29) is 16.8 Å². The summed E-state index contributed by atoms with van der Waals surface area (Å²) in [4.78, 5) is 14.6. The topological polar surface area (TPSA) is 20.3 Å². The van der Waals surface area contributed by atoms with E-state index in [0.717, 1.165) is 19.3 Å². The molecule has 1 aromatic carbocycles. The maximum atomic E-state index is 13.2. The summed E-state index contributed by atoms with van der Waals surface area (Å²) in [5.41, 5.74) is 0.522. The van der Waals surface area contributed by atoms with Crippen LogP contribution < -0.4 is 0 Å². The molecule has 1 saturated heterocycles. The van der Waals surface area contributed by atoms with Crippen LogP contribution in [0.4, 0.5) is 4.39 Å². The lowest BCUT2D eigenvalue weighted by molar-refractivity contribution is 0.0676. The van der Waals surface area contributed by atoms with Crippen molar-refractivity contribution in [3.63, 3.8) is 0 Å². The third kappa shape index (κ3) is 2.39. The number of amides is 1. The first-order valence-corrected chi connectivity index (χ1v) is 6.80. The molecule has 0 aromatic heterocycles. The second-order valence-electron chi connectivity index (χ2n) is 4.87. The lowest BCUT2D eigenvalue weighted by atomic mass is 10.1. The number of benzene rings is 1. The number of hydrogen-bond acceptors (Lipinski definition) is 2. The molecule has 4 heteroatoms. The van der Waals surface area contributed by atoms with E-state index in [1.54, 1.807) is 0 Å². The van der Waals surface area contributed by atoms with E-state index in [9.17, 15) is 9.18 Å². The zero-order valence-corrected chi connectivity index (χ0v) is 11.6. The van der Waals surface area contributed by atoms with Crippen molar-refractivity contribution >= 4 is 18.5 Å². The molecule has 0 aliphatic carbocycles. The Morgan fingerprint density at radius 2 is 2.22 bits per heavy atom. The molecule has 1 heterocycles. The minimum Gasteiger partial charge on any atom is -0.333 e. The minimum absolute atomic E-state index is 0.0119. The summed E-state index contributed by atoms with van der Waals surface area (Å²) >= 11 is 4.03. The molecule has 18 heavy (non-hydrogen) atoms. The normalized spacial score (nSPS) is 23.4. The van der Waals surface area contributed by atoms with Crippen molar-refractivity contribution in [1.29, 1.82) is 0 Å². The van der Waals surface area contributed by atoms with Crippen LogP contribution in [0.2, 0.25) is 0 Å². The second-order valence-corrected chi connectivity index (χ2v) is 5.35. The number of carbonyl (C=O) groups excluding carboxylic acids is 1. The highest BCUT2D eigenvalue weighted by atomic mass is 32.1. The zero-order valence-electron chi connectivity index (χ0n) is 10.7. The van der Waals surface area contributed by atoms with Crippen LogP contribution in [-0.2, 0) is 0 Å². The average Bonchev–Trinajstić information content (AvgIpc) is 2.73. The summed E-state index contributed by atoms with van der Waals surface area (Å²) in [6, 6.07) is 4.92. The van der Waals surface area contributed by atoms with Crippen LogP contribution in [0.3, 0.4) is 0 Å². The van der Waals surface area contributed by atoms with Gasteiger partial charge in [-0.05, 0) is 44.4 Å². The van der Waals surface area contributed by atoms with Gasteiger partial charge in [-0.2, -0.15) is 0 Å². The molecule has 0 bridgehead atoms. The first-order chi connectivity index (χ1) is 8.54. The molecule has 2 unspecified atom stereocenters. The fraction of sp³-hybridized carbons (Fsp3) is 0.500. The summed E-state index contributed by atoms with van der Waals surface area (Å²) in [6.45, 7) is 4.16. The van der Waals surface area contributed by atoms with Gasteiger partial charge in [0.05, 0.1) is 0 Å². The molecule has 0 N–H and O–H groups in total. The molecule has 0 radical (unpaired) electrons. The van der Waals surface area contributed by atoms with Crippen molar-refractivity contribution in [3.8, 4) is 0 Å². The number of hydrogen-bond donors (Lipinski definition) is 1. The molecule has 1 aromatic rings. The fourth-order valence-electron chi connectivity index (χ4n) is 2.63. The van der Waals surface area contributed by atoms with Gasteiger partial charge in [0.15, 0.2) is 0 Å². The van der Waals surface area contributed by atoms with Crippen LogP contribution in [0.25, 0.3) is 0 Å². The smallest absolute Gasteiger partial charge is 0.254 e. The highest BCUT2D eigenvalue weighted by molar-refractivity contribution is 7.80. The molecular formula is C14H18FNOS. The number of likely N-dealkylation sites (tertiary alicyclic amines) is 1. The van der Waals surface area contributed by atoms with E-state index in [2.05, 4.69) is 26.5 Å². The number of carbonyl (C=O) groups is 1. The van der Waals surface area contributed by atoms with Gasteiger partial charge in [0.1, 0.15) is 5.82 Å². The minimum atomic E-state index is -0.392. The van der Waals surface area contributed by atoms with Crippen molar-refractivity contribution in [2.75, 3.05) is 0 Å². The summed E-state index contributed by atoms with van der Waals surface area (Å²) in [5, 5.41) is 0. The van der Waals surface area contributed by atoms with Gasteiger partial charge in [0.25, 0.3) is 5.91 Å². The maximum absolute atomic E-state index is 13.2. The largest absolute Gasteiger partial charge is 0.333 e. The van der Waals surface area contributed by atoms with Crippen molar-refractivity contribution in [1.82, 2.24) is 4.90 Å².